The number of carbonyl (C=O) groups is 1. The third-order valence-corrected chi connectivity index (χ3v) is 3.94. The van der Waals surface area contributed by atoms with Crippen LogP contribution in [0.25, 0.3) is 0 Å². The monoisotopic (exact) mass is 258 g/mol. The molecule has 3 N–H and O–H groups in total. The zero-order valence-electron chi connectivity index (χ0n) is 10.4. The number of hydrogen-bond donors (Lipinski definition) is 3. The molecule has 1 aliphatic rings. The first-order chi connectivity index (χ1) is 8.12. The standard InChI is InChI=1S/C12H22N2O2S/c1-3-7-17-8-6-13-11(16)14-12(2,9-15)10-4-5-10/h3,10,15H,1,4-9H2,2H3,(H2,13,14,16). The van der Waals surface area contributed by atoms with Gasteiger partial charge in [-0.15, -0.1) is 6.58 Å². The van der Waals surface area contributed by atoms with Crippen molar-refractivity contribution in [2.45, 2.75) is 25.3 Å². The van der Waals surface area contributed by atoms with E-state index in [2.05, 4.69) is 17.2 Å². The molecule has 1 atom stereocenters. The van der Waals surface area contributed by atoms with Gasteiger partial charge in [-0.25, -0.2) is 4.79 Å². The summed E-state index contributed by atoms with van der Waals surface area (Å²) in [6.07, 6.45) is 4.03. The average Bonchev–Trinajstić information content (AvgIpc) is 3.12. The molecule has 1 rings (SSSR count). The summed E-state index contributed by atoms with van der Waals surface area (Å²) < 4.78 is 0. The summed E-state index contributed by atoms with van der Waals surface area (Å²) in [6, 6.07) is -0.187. The van der Waals surface area contributed by atoms with Crippen molar-refractivity contribution in [1.82, 2.24) is 10.6 Å². The van der Waals surface area contributed by atoms with Gasteiger partial charge in [0.2, 0.25) is 0 Å². The van der Waals surface area contributed by atoms with Gasteiger partial charge < -0.3 is 15.7 Å². The van der Waals surface area contributed by atoms with E-state index in [1.165, 1.54) is 0 Å². The third kappa shape index (κ3) is 5.00. The predicted octanol–water partition coefficient (Wildman–Crippen LogP) is 1.37. The van der Waals surface area contributed by atoms with Crippen LogP contribution in [0.1, 0.15) is 19.8 Å². The summed E-state index contributed by atoms with van der Waals surface area (Å²) in [6.45, 7) is 6.16. The minimum Gasteiger partial charge on any atom is -0.394 e. The summed E-state index contributed by atoms with van der Waals surface area (Å²) in [5.41, 5.74) is -0.460. The van der Waals surface area contributed by atoms with Crippen molar-refractivity contribution in [2.24, 2.45) is 5.92 Å². The number of aliphatic hydroxyl groups is 1. The van der Waals surface area contributed by atoms with Gasteiger partial charge in [-0.05, 0) is 25.7 Å². The fraction of sp³-hybridized carbons (Fsp3) is 0.750. The number of rotatable bonds is 8. The molecule has 0 aliphatic heterocycles. The molecule has 0 aromatic rings. The van der Waals surface area contributed by atoms with E-state index < -0.39 is 5.54 Å². The maximum atomic E-state index is 11.6. The maximum Gasteiger partial charge on any atom is 0.315 e. The van der Waals surface area contributed by atoms with Crippen LogP contribution in [-0.4, -0.2) is 41.3 Å². The van der Waals surface area contributed by atoms with Crippen LogP contribution in [0.2, 0.25) is 0 Å². The molecule has 98 valence electrons. The zero-order chi connectivity index (χ0) is 12.7. The number of aliphatic hydroxyl groups excluding tert-OH is 1. The van der Waals surface area contributed by atoms with E-state index in [0.29, 0.717) is 12.5 Å². The Morgan fingerprint density at radius 2 is 2.35 bits per heavy atom. The fourth-order valence-electron chi connectivity index (χ4n) is 1.70. The highest BCUT2D eigenvalue weighted by molar-refractivity contribution is 7.99. The second-order valence-electron chi connectivity index (χ2n) is 4.59. The second kappa shape index (κ2) is 6.91. The molecular weight excluding hydrogens is 236 g/mol. The third-order valence-electron chi connectivity index (χ3n) is 2.97. The molecule has 1 fully saturated rings. The van der Waals surface area contributed by atoms with Crippen molar-refractivity contribution in [3.8, 4) is 0 Å². The molecule has 0 bridgehead atoms. The Balaban J connectivity index is 2.17. The van der Waals surface area contributed by atoms with Crippen LogP contribution in [-0.2, 0) is 0 Å². The van der Waals surface area contributed by atoms with Crippen LogP contribution >= 0.6 is 11.8 Å². The van der Waals surface area contributed by atoms with E-state index >= 15 is 0 Å². The van der Waals surface area contributed by atoms with E-state index in [-0.39, 0.29) is 12.6 Å². The van der Waals surface area contributed by atoms with Crippen molar-refractivity contribution in [3.63, 3.8) is 0 Å². The van der Waals surface area contributed by atoms with Crippen LogP contribution in [0.4, 0.5) is 4.79 Å². The molecule has 4 nitrogen and oxygen atoms in total. The Kier molecular flexibility index (Phi) is 5.85. The largest absolute Gasteiger partial charge is 0.394 e. The number of thioether (sulfide) groups is 1. The van der Waals surface area contributed by atoms with Gasteiger partial charge >= 0.3 is 6.03 Å². The number of carbonyl (C=O) groups excluding carboxylic acids is 1. The molecule has 0 heterocycles. The van der Waals surface area contributed by atoms with Gasteiger partial charge in [0.25, 0.3) is 0 Å². The molecule has 0 aromatic heterocycles. The van der Waals surface area contributed by atoms with Crippen LogP contribution in [0, 0.1) is 5.92 Å². The van der Waals surface area contributed by atoms with Gasteiger partial charge in [0, 0.05) is 18.1 Å². The Bertz CT molecular complexity index is 269. The van der Waals surface area contributed by atoms with Gasteiger partial charge in [-0.1, -0.05) is 6.08 Å². The lowest BCUT2D eigenvalue weighted by molar-refractivity contribution is 0.155. The summed E-state index contributed by atoms with van der Waals surface area (Å²) in [5.74, 6) is 2.20. The topological polar surface area (TPSA) is 61.4 Å². The van der Waals surface area contributed by atoms with E-state index in [1.54, 1.807) is 11.8 Å². The molecule has 0 saturated heterocycles. The highest BCUT2D eigenvalue weighted by Gasteiger charge is 2.42. The summed E-state index contributed by atoms with van der Waals surface area (Å²) in [7, 11) is 0. The maximum absolute atomic E-state index is 11.6. The minimum atomic E-state index is -0.460. The quantitative estimate of drug-likeness (QED) is 0.455. The lowest BCUT2D eigenvalue weighted by atomic mass is 9.97. The zero-order valence-corrected chi connectivity index (χ0v) is 11.2. The first kappa shape index (κ1) is 14.4. The van der Waals surface area contributed by atoms with Crippen molar-refractivity contribution >= 4 is 17.8 Å². The summed E-state index contributed by atoms with van der Waals surface area (Å²) in [5, 5.41) is 15.0. The smallest absolute Gasteiger partial charge is 0.315 e. The Morgan fingerprint density at radius 1 is 1.65 bits per heavy atom. The minimum absolute atomic E-state index is 0.00367. The van der Waals surface area contributed by atoms with Crippen molar-refractivity contribution in [2.75, 3.05) is 24.7 Å². The Labute approximate surface area is 107 Å². The average molecular weight is 258 g/mol. The van der Waals surface area contributed by atoms with E-state index in [0.717, 1.165) is 24.3 Å². The summed E-state index contributed by atoms with van der Waals surface area (Å²) in [4.78, 5) is 11.6. The second-order valence-corrected chi connectivity index (χ2v) is 5.74. The first-order valence-electron chi connectivity index (χ1n) is 5.98. The number of nitrogens with one attached hydrogen (secondary N) is 2. The number of amides is 2. The molecular formula is C12H22N2O2S. The molecule has 1 unspecified atom stereocenters. The van der Waals surface area contributed by atoms with Crippen molar-refractivity contribution in [3.05, 3.63) is 12.7 Å². The molecule has 5 heteroatoms. The lowest BCUT2D eigenvalue weighted by Crippen LogP contribution is -2.54. The van der Waals surface area contributed by atoms with Gasteiger partial charge in [0.15, 0.2) is 0 Å². The van der Waals surface area contributed by atoms with E-state index in [9.17, 15) is 9.90 Å². The van der Waals surface area contributed by atoms with Crippen molar-refractivity contribution in [1.29, 1.82) is 0 Å². The lowest BCUT2D eigenvalue weighted by Gasteiger charge is -2.28. The Hall–Kier alpha value is -0.680. The van der Waals surface area contributed by atoms with E-state index in [4.69, 9.17) is 0 Å². The molecule has 1 saturated carbocycles. The molecule has 0 aromatic carbocycles. The van der Waals surface area contributed by atoms with Gasteiger partial charge in [-0.3, -0.25) is 0 Å². The predicted molar refractivity (Wildman–Crippen MR) is 72.3 cm³/mol. The normalized spacial score (nSPS) is 18.2. The molecule has 1 aliphatic carbocycles. The van der Waals surface area contributed by atoms with E-state index in [1.807, 2.05) is 13.0 Å². The number of urea groups is 1. The molecule has 2 amide bonds. The van der Waals surface area contributed by atoms with Crippen LogP contribution in [0.5, 0.6) is 0 Å². The van der Waals surface area contributed by atoms with Gasteiger partial charge in [-0.2, -0.15) is 11.8 Å². The summed E-state index contributed by atoms with van der Waals surface area (Å²) >= 11 is 1.73. The molecule has 0 spiro atoms. The fourth-order valence-corrected chi connectivity index (χ4v) is 2.28. The highest BCUT2D eigenvalue weighted by atomic mass is 32.2. The van der Waals surface area contributed by atoms with Gasteiger partial charge in [0.1, 0.15) is 0 Å². The first-order valence-corrected chi connectivity index (χ1v) is 7.13. The highest BCUT2D eigenvalue weighted by Crippen LogP contribution is 2.39. The molecule has 0 radical (unpaired) electrons. The van der Waals surface area contributed by atoms with Gasteiger partial charge in [0.05, 0.1) is 12.1 Å². The van der Waals surface area contributed by atoms with Crippen LogP contribution in [0.3, 0.4) is 0 Å². The number of hydrogen-bond acceptors (Lipinski definition) is 3. The van der Waals surface area contributed by atoms with Crippen LogP contribution in [0.15, 0.2) is 12.7 Å². The van der Waals surface area contributed by atoms with Crippen molar-refractivity contribution < 1.29 is 9.90 Å². The Morgan fingerprint density at radius 3 is 2.88 bits per heavy atom. The SMILES string of the molecule is C=CCSCCNC(=O)NC(C)(CO)C1CC1. The van der Waals surface area contributed by atoms with Crippen LogP contribution < -0.4 is 10.6 Å². The molecule has 17 heavy (non-hydrogen) atoms.